The van der Waals surface area contributed by atoms with Crippen molar-refractivity contribution < 1.29 is 13.2 Å². The van der Waals surface area contributed by atoms with Crippen LogP contribution in [0.15, 0.2) is 36.4 Å². The summed E-state index contributed by atoms with van der Waals surface area (Å²) in [7, 11) is -3.33. The molecule has 10 heteroatoms. The SMILES string of the molecule is CC1Cc2cc(C#Cc3cc(-c4nn(CCCN5CCOCC5)c5c4CN(S(C)(=O)=O)CC5)ccc3Cl)ccc2CN1C(C)(C)C. The minimum atomic E-state index is -3.33. The number of halogens is 1. The molecule has 1 unspecified atom stereocenters. The molecular formula is C36H46ClN5O3S. The van der Waals surface area contributed by atoms with Gasteiger partial charge >= 0.3 is 0 Å². The number of fused-ring (bicyclic) bond motifs is 2. The molecule has 3 aliphatic rings. The van der Waals surface area contributed by atoms with Crippen LogP contribution < -0.4 is 0 Å². The fraction of sp³-hybridized carbons (Fsp3) is 0.528. The monoisotopic (exact) mass is 663 g/mol. The highest BCUT2D eigenvalue weighted by atomic mass is 35.5. The molecule has 0 bridgehead atoms. The summed E-state index contributed by atoms with van der Waals surface area (Å²) in [5.41, 5.74) is 8.35. The molecule has 1 saturated heterocycles. The van der Waals surface area contributed by atoms with E-state index in [1.54, 1.807) is 4.31 Å². The molecule has 6 rings (SSSR count). The first kappa shape index (κ1) is 33.2. The van der Waals surface area contributed by atoms with E-state index in [9.17, 15) is 8.42 Å². The Bertz CT molecular complexity index is 1760. The largest absolute Gasteiger partial charge is 0.379 e. The lowest BCUT2D eigenvalue weighted by Crippen LogP contribution is -2.49. The van der Waals surface area contributed by atoms with E-state index in [2.05, 4.69) is 72.2 Å². The molecule has 0 amide bonds. The average molecular weight is 664 g/mol. The quantitative estimate of drug-likeness (QED) is 0.338. The molecule has 3 aromatic rings. The number of benzene rings is 2. The Hall–Kier alpha value is -2.71. The third-order valence-corrected chi connectivity index (χ3v) is 11.1. The van der Waals surface area contributed by atoms with Gasteiger partial charge in [0.1, 0.15) is 0 Å². The molecule has 0 aliphatic carbocycles. The number of hydrogen-bond acceptors (Lipinski definition) is 6. The molecule has 46 heavy (non-hydrogen) atoms. The molecule has 8 nitrogen and oxygen atoms in total. The van der Waals surface area contributed by atoms with Crippen molar-refractivity contribution in [2.24, 2.45) is 0 Å². The second-order valence-corrected chi connectivity index (χ2v) is 16.3. The smallest absolute Gasteiger partial charge is 0.211 e. The van der Waals surface area contributed by atoms with Crippen LogP contribution >= 0.6 is 11.6 Å². The van der Waals surface area contributed by atoms with Gasteiger partial charge in [0.25, 0.3) is 0 Å². The summed E-state index contributed by atoms with van der Waals surface area (Å²) in [6, 6.07) is 12.8. The molecular weight excluding hydrogens is 618 g/mol. The van der Waals surface area contributed by atoms with E-state index in [1.807, 2.05) is 18.2 Å². The van der Waals surface area contributed by atoms with E-state index in [-0.39, 0.29) is 5.54 Å². The summed E-state index contributed by atoms with van der Waals surface area (Å²) in [5.74, 6) is 6.70. The van der Waals surface area contributed by atoms with E-state index in [0.717, 1.165) is 92.4 Å². The van der Waals surface area contributed by atoms with Gasteiger partial charge in [0, 0.05) is 91.8 Å². The Labute approximate surface area is 279 Å². The topological polar surface area (TPSA) is 70.9 Å². The van der Waals surface area contributed by atoms with E-state index in [4.69, 9.17) is 21.4 Å². The normalized spacial score (nSPS) is 19.7. The molecule has 1 atom stereocenters. The van der Waals surface area contributed by atoms with Crippen LogP contribution in [-0.2, 0) is 47.2 Å². The number of sulfonamides is 1. The van der Waals surface area contributed by atoms with Gasteiger partial charge in [-0.05, 0) is 75.9 Å². The maximum Gasteiger partial charge on any atom is 0.211 e. The van der Waals surface area contributed by atoms with Crippen molar-refractivity contribution in [3.63, 3.8) is 0 Å². The minimum absolute atomic E-state index is 0.123. The van der Waals surface area contributed by atoms with Crippen molar-refractivity contribution in [1.29, 1.82) is 0 Å². The van der Waals surface area contributed by atoms with Crippen LogP contribution in [0.25, 0.3) is 11.3 Å². The van der Waals surface area contributed by atoms with Crippen molar-refractivity contribution >= 4 is 21.6 Å². The van der Waals surface area contributed by atoms with Crippen molar-refractivity contribution in [2.75, 3.05) is 45.6 Å². The lowest BCUT2D eigenvalue weighted by molar-refractivity contribution is 0.0368. The molecule has 1 aromatic heterocycles. The van der Waals surface area contributed by atoms with Crippen molar-refractivity contribution in [3.8, 4) is 23.1 Å². The highest BCUT2D eigenvalue weighted by Crippen LogP contribution is 2.33. The summed E-state index contributed by atoms with van der Waals surface area (Å²) < 4.78 is 34.2. The lowest BCUT2D eigenvalue weighted by atomic mass is 9.89. The van der Waals surface area contributed by atoms with Gasteiger partial charge in [-0.3, -0.25) is 14.5 Å². The Morgan fingerprint density at radius 2 is 1.78 bits per heavy atom. The first-order valence-corrected chi connectivity index (χ1v) is 18.6. The van der Waals surface area contributed by atoms with Crippen LogP contribution in [0.2, 0.25) is 5.02 Å². The summed E-state index contributed by atoms with van der Waals surface area (Å²) in [6.45, 7) is 16.1. The zero-order valence-electron chi connectivity index (χ0n) is 27.8. The van der Waals surface area contributed by atoms with E-state index >= 15 is 0 Å². The highest BCUT2D eigenvalue weighted by Gasteiger charge is 2.32. The maximum atomic E-state index is 12.5. The van der Waals surface area contributed by atoms with Gasteiger partial charge in [0.2, 0.25) is 10.0 Å². The number of aromatic nitrogens is 2. The van der Waals surface area contributed by atoms with Crippen LogP contribution in [0.5, 0.6) is 0 Å². The van der Waals surface area contributed by atoms with Gasteiger partial charge in [-0.15, -0.1) is 0 Å². The Morgan fingerprint density at radius 1 is 1.00 bits per heavy atom. The third kappa shape index (κ3) is 7.38. The van der Waals surface area contributed by atoms with Gasteiger partial charge in [0.05, 0.1) is 30.2 Å². The van der Waals surface area contributed by atoms with Crippen LogP contribution in [0, 0.1) is 11.8 Å². The molecule has 2 aromatic carbocycles. The second-order valence-electron chi connectivity index (χ2n) is 13.9. The molecule has 0 spiro atoms. The van der Waals surface area contributed by atoms with Crippen LogP contribution in [0.3, 0.4) is 0 Å². The summed E-state index contributed by atoms with van der Waals surface area (Å²) in [6.07, 6.45) is 3.89. The molecule has 0 N–H and O–H groups in total. The average Bonchev–Trinajstić information content (AvgIpc) is 3.37. The number of ether oxygens (including phenoxy) is 1. The Kier molecular flexibility index (Phi) is 9.69. The van der Waals surface area contributed by atoms with Gasteiger partial charge in [-0.2, -0.15) is 9.40 Å². The Morgan fingerprint density at radius 3 is 2.52 bits per heavy atom. The number of aryl methyl sites for hydroxylation is 1. The molecule has 246 valence electrons. The Balaban J connectivity index is 1.27. The molecule has 4 heterocycles. The zero-order valence-corrected chi connectivity index (χ0v) is 29.3. The van der Waals surface area contributed by atoms with Crippen molar-refractivity contribution in [2.45, 2.75) is 78.2 Å². The summed E-state index contributed by atoms with van der Waals surface area (Å²) in [5, 5.41) is 5.67. The zero-order chi connectivity index (χ0) is 32.6. The molecule has 1 fully saturated rings. The fourth-order valence-corrected chi connectivity index (χ4v) is 8.01. The molecule has 3 aliphatic heterocycles. The van der Waals surface area contributed by atoms with Crippen molar-refractivity contribution in [3.05, 3.63) is 74.9 Å². The molecule has 0 saturated carbocycles. The lowest BCUT2D eigenvalue weighted by Gasteiger charge is -2.44. The highest BCUT2D eigenvalue weighted by molar-refractivity contribution is 7.88. The predicted octanol–water partition coefficient (Wildman–Crippen LogP) is 5.19. The van der Waals surface area contributed by atoms with E-state index < -0.39 is 10.0 Å². The number of morpholine rings is 1. The van der Waals surface area contributed by atoms with Gasteiger partial charge in [-0.1, -0.05) is 35.6 Å². The maximum absolute atomic E-state index is 12.5. The van der Waals surface area contributed by atoms with Crippen molar-refractivity contribution in [1.82, 2.24) is 23.9 Å². The van der Waals surface area contributed by atoms with Crippen LogP contribution in [0.1, 0.15) is 67.6 Å². The minimum Gasteiger partial charge on any atom is -0.379 e. The predicted molar refractivity (Wildman–Crippen MR) is 184 cm³/mol. The van der Waals surface area contributed by atoms with Crippen LogP contribution in [-0.4, -0.2) is 89.5 Å². The van der Waals surface area contributed by atoms with E-state index in [0.29, 0.717) is 30.6 Å². The van der Waals surface area contributed by atoms with Gasteiger partial charge in [-0.25, -0.2) is 8.42 Å². The second kappa shape index (κ2) is 13.4. The first-order chi connectivity index (χ1) is 21.9. The third-order valence-electron chi connectivity index (χ3n) is 9.55. The number of rotatable bonds is 6. The number of nitrogens with zero attached hydrogens (tertiary/aromatic N) is 5. The summed E-state index contributed by atoms with van der Waals surface area (Å²) in [4.78, 5) is 4.99. The van der Waals surface area contributed by atoms with Gasteiger partial charge in [0.15, 0.2) is 0 Å². The van der Waals surface area contributed by atoms with E-state index in [1.165, 1.54) is 17.4 Å². The summed E-state index contributed by atoms with van der Waals surface area (Å²) >= 11 is 6.68. The number of hydrogen-bond donors (Lipinski definition) is 0. The van der Waals surface area contributed by atoms with Gasteiger partial charge < -0.3 is 4.74 Å². The standard InChI is InChI=1S/C36H46ClN5O3S/c1-26-21-31-22-27(8-10-30(31)24-41(26)36(2,3)4)7-9-28-23-29(11-12-33(28)37)35-32-25-40(46(5,43)44)16-13-34(32)42(38-35)15-6-14-39-17-19-45-20-18-39/h8,10-12,22-23,26H,6,13-21,24-25H2,1-5H3. The molecule has 0 radical (unpaired) electrons. The fourth-order valence-electron chi connectivity index (χ4n) is 7.06. The first-order valence-electron chi connectivity index (χ1n) is 16.4. The van der Waals surface area contributed by atoms with Crippen LogP contribution in [0.4, 0.5) is 0 Å².